The predicted molar refractivity (Wildman–Crippen MR) is 59.6 cm³/mol. The zero-order valence-corrected chi connectivity index (χ0v) is 9.83. The smallest absolute Gasteiger partial charge is 0.0552 e. The minimum atomic E-state index is 0.701. The minimum absolute atomic E-state index is 0.701. The van der Waals surface area contributed by atoms with Gasteiger partial charge in [-0.1, -0.05) is 25.4 Å². The zero-order valence-electron chi connectivity index (χ0n) is 7.49. The van der Waals surface area contributed by atoms with Gasteiger partial charge in [0.1, 0.15) is 0 Å². The summed E-state index contributed by atoms with van der Waals surface area (Å²) in [6, 6.07) is 3.57. The van der Waals surface area contributed by atoms with Crippen LogP contribution in [0, 0.1) is 6.92 Å². The van der Waals surface area contributed by atoms with Crippen molar-refractivity contribution in [3.8, 4) is 0 Å². The van der Waals surface area contributed by atoms with Crippen molar-refractivity contribution in [1.29, 1.82) is 0 Å². The maximum Gasteiger partial charge on any atom is 0.0552 e. The first kappa shape index (κ1) is 11.8. The SMILES string of the molecule is CC.Cc1c(N)ccc(Cl)c1Br. The number of benzene rings is 1. The Hall–Kier alpha value is -0.210. The van der Waals surface area contributed by atoms with E-state index in [0.29, 0.717) is 5.02 Å². The molecule has 0 radical (unpaired) electrons. The van der Waals surface area contributed by atoms with Crippen LogP contribution in [-0.4, -0.2) is 0 Å². The van der Waals surface area contributed by atoms with E-state index in [1.54, 1.807) is 12.1 Å². The maximum atomic E-state index is 5.78. The summed E-state index contributed by atoms with van der Waals surface area (Å²) in [4.78, 5) is 0. The average Bonchev–Trinajstić information content (AvgIpc) is 2.12. The van der Waals surface area contributed by atoms with Crippen LogP contribution >= 0.6 is 27.5 Å². The van der Waals surface area contributed by atoms with Crippen molar-refractivity contribution in [3.63, 3.8) is 0 Å². The summed E-state index contributed by atoms with van der Waals surface area (Å²) in [7, 11) is 0. The summed E-state index contributed by atoms with van der Waals surface area (Å²) < 4.78 is 0.883. The molecule has 68 valence electrons. The third kappa shape index (κ3) is 2.68. The highest BCUT2D eigenvalue weighted by Gasteiger charge is 2.01. The lowest BCUT2D eigenvalue weighted by molar-refractivity contribution is 1.43. The Labute approximate surface area is 87.0 Å². The number of nitrogen functional groups attached to an aromatic ring is 1. The van der Waals surface area contributed by atoms with Gasteiger partial charge >= 0.3 is 0 Å². The van der Waals surface area contributed by atoms with Gasteiger partial charge in [0.25, 0.3) is 0 Å². The second-order valence-electron chi connectivity index (χ2n) is 2.08. The van der Waals surface area contributed by atoms with E-state index in [9.17, 15) is 0 Å². The fourth-order valence-corrected chi connectivity index (χ4v) is 1.23. The summed E-state index contributed by atoms with van der Waals surface area (Å²) in [5.74, 6) is 0. The van der Waals surface area contributed by atoms with Crippen LogP contribution in [0.5, 0.6) is 0 Å². The molecule has 0 aliphatic rings. The minimum Gasteiger partial charge on any atom is -0.398 e. The van der Waals surface area contributed by atoms with Gasteiger partial charge in [-0.2, -0.15) is 0 Å². The van der Waals surface area contributed by atoms with E-state index in [4.69, 9.17) is 17.3 Å². The van der Waals surface area contributed by atoms with Crippen molar-refractivity contribution in [1.82, 2.24) is 0 Å². The van der Waals surface area contributed by atoms with Gasteiger partial charge in [-0.15, -0.1) is 0 Å². The van der Waals surface area contributed by atoms with E-state index in [1.807, 2.05) is 20.8 Å². The van der Waals surface area contributed by atoms with E-state index in [0.717, 1.165) is 15.7 Å². The molecule has 0 saturated carbocycles. The molecular formula is C9H13BrClN. The molecule has 3 heteroatoms. The van der Waals surface area contributed by atoms with Crippen LogP contribution in [0.25, 0.3) is 0 Å². The molecule has 0 atom stereocenters. The molecule has 1 aromatic rings. The Balaban J connectivity index is 0.000000561. The van der Waals surface area contributed by atoms with Gasteiger partial charge in [-0.25, -0.2) is 0 Å². The van der Waals surface area contributed by atoms with Gasteiger partial charge in [0.05, 0.1) is 5.02 Å². The second-order valence-corrected chi connectivity index (χ2v) is 3.28. The van der Waals surface area contributed by atoms with Gasteiger partial charge in [0.2, 0.25) is 0 Å². The first-order chi connectivity index (χ1) is 5.63. The second kappa shape index (κ2) is 5.44. The highest BCUT2D eigenvalue weighted by atomic mass is 79.9. The molecule has 12 heavy (non-hydrogen) atoms. The lowest BCUT2D eigenvalue weighted by Gasteiger charge is -2.02. The Kier molecular flexibility index (Phi) is 5.34. The molecule has 0 unspecified atom stereocenters. The molecular weight excluding hydrogens is 237 g/mol. The van der Waals surface area contributed by atoms with Crippen molar-refractivity contribution in [2.75, 3.05) is 5.73 Å². The fourth-order valence-electron chi connectivity index (χ4n) is 0.667. The van der Waals surface area contributed by atoms with Gasteiger partial charge < -0.3 is 5.73 Å². The first-order valence-electron chi connectivity index (χ1n) is 3.83. The Morgan fingerprint density at radius 2 is 1.83 bits per heavy atom. The van der Waals surface area contributed by atoms with E-state index in [1.165, 1.54) is 0 Å². The zero-order chi connectivity index (χ0) is 9.72. The third-order valence-corrected chi connectivity index (χ3v) is 2.95. The summed E-state index contributed by atoms with van der Waals surface area (Å²) in [5.41, 5.74) is 7.35. The van der Waals surface area contributed by atoms with E-state index >= 15 is 0 Å². The van der Waals surface area contributed by atoms with E-state index in [2.05, 4.69) is 15.9 Å². The van der Waals surface area contributed by atoms with E-state index < -0.39 is 0 Å². The van der Waals surface area contributed by atoms with Gasteiger partial charge in [-0.3, -0.25) is 0 Å². The largest absolute Gasteiger partial charge is 0.398 e. The molecule has 0 fully saturated rings. The molecule has 0 aliphatic carbocycles. The molecule has 0 aliphatic heterocycles. The first-order valence-corrected chi connectivity index (χ1v) is 5.00. The lowest BCUT2D eigenvalue weighted by atomic mass is 10.2. The van der Waals surface area contributed by atoms with E-state index in [-0.39, 0.29) is 0 Å². The molecule has 0 amide bonds. The van der Waals surface area contributed by atoms with Crippen LogP contribution < -0.4 is 5.73 Å². The van der Waals surface area contributed by atoms with Gasteiger partial charge in [-0.05, 0) is 40.5 Å². The van der Waals surface area contributed by atoms with Crippen molar-refractivity contribution in [3.05, 3.63) is 27.2 Å². The highest BCUT2D eigenvalue weighted by Crippen LogP contribution is 2.29. The Morgan fingerprint density at radius 1 is 1.33 bits per heavy atom. The quantitative estimate of drug-likeness (QED) is 0.692. The van der Waals surface area contributed by atoms with Crippen molar-refractivity contribution in [2.45, 2.75) is 20.8 Å². The highest BCUT2D eigenvalue weighted by molar-refractivity contribution is 9.10. The standard InChI is InChI=1S/C7H7BrClN.C2H6/c1-4-6(10)3-2-5(9)7(4)8;1-2/h2-3H,10H2,1H3;1-2H3. The summed E-state index contributed by atoms with van der Waals surface area (Å²) >= 11 is 9.10. The monoisotopic (exact) mass is 249 g/mol. The van der Waals surface area contributed by atoms with Crippen molar-refractivity contribution in [2.24, 2.45) is 0 Å². The average molecular weight is 251 g/mol. The summed E-state index contributed by atoms with van der Waals surface area (Å²) in [6.45, 7) is 5.92. The van der Waals surface area contributed by atoms with Crippen molar-refractivity contribution >= 4 is 33.2 Å². The van der Waals surface area contributed by atoms with Crippen LogP contribution in [0.2, 0.25) is 5.02 Å². The fraction of sp³-hybridized carbons (Fsp3) is 0.333. The number of hydrogen-bond acceptors (Lipinski definition) is 1. The van der Waals surface area contributed by atoms with Crippen LogP contribution in [0.4, 0.5) is 5.69 Å². The van der Waals surface area contributed by atoms with Crippen LogP contribution in [0.3, 0.4) is 0 Å². The predicted octanol–water partition coefficient (Wildman–Crippen LogP) is 4.02. The number of nitrogens with two attached hydrogens (primary N) is 1. The molecule has 0 saturated heterocycles. The number of hydrogen-bond donors (Lipinski definition) is 1. The van der Waals surface area contributed by atoms with Gasteiger partial charge in [0.15, 0.2) is 0 Å². The lowest BCUT2D eigenvalue weighted by Crippen LogP contribution is -1.89. The van der Waals surface area contributed by atoms with Crippen molar-refractivity contribution < 1.29 is 0 Å². The molecule has 0 spiro atoms. The molecule has 1 aromatic carbocycles. The van der Waals surface area contributed by atoms with Crippen LogP contribution in [-0.2, 0) is 0 Å². The molecule has 0 bridgehead atoms. The molecule has 1 nitrogen and oxygen atoms in total. The topological polar surface area (TPSA) is 26.0 Å². The number of rotatable bonds is 0. The molecule has 0 aromatic heterocycles. The van der Waals surface area contributed by atoms with Gasteiger partial charge in [0, 0.05) is 10.2 Å². The normalized spacial score (nSPS) is 8.75. The molecule has 1 rings (SSSR count). The molecule has 0 heterocycles. The third-order valence-electron chi connectivity index (χ3n) is 1.38. The molecule has 2 N–H and O–H groups in total. The van der Waals surface area contributed by atoms with Crippen LogP contribution in [0.15, 0.2) is 16.6 Å². The maximum absolute atomic E-state index is 5.78. The Bertz CT molecular complexity index is 234. The van der Waals surface area contributed by atoms with Crippen LogP contribution in [0.1, 0.15) is 19.4 Å². The number of halogens is 2. The summed E-state index contributed by atoms with van der Waals surface area (Å²) in [6.07, 6.45) is 0. The number of anilines is 1. The Morgan fingerprint density at radius 3 is 2.25 bits per heavy atom. The summed E-state index contributed by atoms with van der Waals surface area (Å²) in [5, 5.41) is 0.701.